The van der Waals surface area contributed by atoms with Crippen LogP contribution in [0.15, 0.2) is 36.7 Å². The standard InChI is InChI=1S/C22H28N6O/c1-16-13-26(14-19-7-5-4-6-8-19)11-12-27(16)21(29)10-9-20-17(2)25-22-23-15-24-28(22)18(20)3/h4-8,15-16H,9-14H2,1-3H3/t16-/m1/s1. The highest BCUT2D eigenvalue weighted by Gasteiger charge is 2.27. The molecule has 7 heteroatoms. The number of hydrogen-bond donors (Lipinski definition) is 0. The summed E-state index contributed by atoms with van der Waals surface area (Å²) in [6.07, 6.45) is 2.68. The molecule has 7 nitrogen and oxygen atoms in total. The Morgan fingerprint density at radius 2 is 1.97 bits per heavy atom. The van der Waals surface area contributed by atoms with Gasteiger partial charge in [0.25, 0.3) is 5.78 Å². The quantitative estimate of drug-likeness (QED) is 0.667. The lowest BCUT2D eigenvalue weighted by atomic mass is 10.0. The number of aryl methyl sites for hydroxylation is 2. The summed E-state index contributed by atoms with van der Waals surface area (Å²) in [6.45, 7) is 9.68. The molecule has 0 unspecified atom stereocenters. The van der Waals surface area contributed by atoms with Gasteiger partial charge in [-0.15, -0.1) is 0 Å². The van der Waals surface area contributed by atoms with Gasteiger partial charge in [-0.1, -0.05) is 30.3 Å². The number of fused-ring (bicyclic) bond motifs is 1. The largest absolute Gasteiger partial charge is 0.337 e. The average molecular weight is 393 g/mol. The first-order valence-electron chi connectivity index (χ1n) is 10.2. The van der Waals surface area contributed by atoms with Crippen molar-refractivity contribution >= 4 is 11.7 Å². The number of carbonyl (C=O) groups is 1. The van der Waals surface area contributed by atoms with Gasteiger partial charge >= 0.3 is 0 Å². The summed E-state index contributed by atoms with van der Waals surface area (Å²) in [5.74, 6) is 0.826. The molecule has 0 N–H and O–H groups in total. The zero-order chi connectivity index (χ0) is 20.4. The molecule has 1 saturated heterocycles. The first-order chi connectivity index (χ1) is 14.0. The fourth-order valence-corrected chi connectivity index (χ4v) is 4.28. The van der Waals surface area contributed by atoms with Gasteiger partial charge in [-0.3, -0.25) is 9.69 Å². The lowest BCUT2D eigenvalue weighted by molar-refractivity contribution is -0.135. The molecule has 1 amide bonds. The summed E-state index contributed by atoms with van der Waals surface area (Å²) in [5, 5.41) is 4.23. The zero-order valence-electron chi connectivity index (χ0n) is 17.4. The van der Waals surface area contributed by atoms with Crippen molar-refractivity contribution in [3.05, 3.63) is 59.2 Å². The Morgan fingerprint density at radius 1 is 1.17 bits per heavy atom. The second-order valence-electron chi connectivity index (χ2n) is 7.89. The fraction of sp³-hybridized carbons (Fsp3) is 0.455. The molecule has 1 aliphatic rings. The van der Waals surface area contributed by atoms with Crippen LogP contribution in [0.2, 0.25) is 0 Å². The zero-order valence-corrected chi connectivity index (χ0v) is 17.4. The maximum absolute atomic E-state index is 12.9. The number of piperazine rings is 1. The lowest BCUT2D eigenvalue weighted by Gasteiger charge is -2.40. The Labute approximate surface area is 171 Å². The van der Waals surface area contributed by atoms with E-state index < -0.39 is 0 Å². The number of nitrogens with zero attached hydrogens (tertiary/aromatic N) is 6. The SMILES string of the molecule is Cc1nc2ncnn2c(C)c1CCC(=O)N1CCN(Cc2ccccc2)C[C@H]1C. The highest BCUT2D eigenvalue weighted by atomic mass is 16.2. The number of hydrogen-bond acceptors (Lipinski definition) is 5. The molecule has 4 rings (SSSR count). The summed E-state index contributed by atoms with van der Waals surface area (Å²) in [6, 6.07) is 10.7. The van der Waals surface area contributed by atoms with E-state index in [2.05, 4.69) is 51.2 Å². The predicted molar refractivity (Wildman–Crippen MR) is 111 cm³/mol. The molecule has 2 aromatic heterocycles. The fourth-order valence-electron chi connectivity index (χ4n) is 4.28. The number of amides is 1. The summed E-state index contributed by atoms with van der Waals surface area (Å²) >= 11 is 0. The third kappa shape index (κ3) is 4.15. The summed E-state index contributed by atoms with van der Waals surface area (Å²) in [5.41, 5.74) is 4.35. The molecule has 0 aliphatic carbocycles. The van der Waals surface area contributed by atoms with E-state index in [0.29, 0.717) is 18.6 Å². The molecule has 3 heterocycles. The van der Waals surface area contributed by atoms with Gasteiger partial charge in [0, 0.05) is 50.0 Å². The molecule has 29 heavy (non-hydrogen) atoms. The summed E-state index contributed by atoms with van der Waals surface area (Å²) in [7, 11) is 0. The van der Waals surface area contributed by atoms with Gasteiger partial charge in [-0.2, -0.15) is 10.1 Å². The van der Waals surface area contributed by atoms with Crippen molar-refractivity contribution < 1.29 is 4.79 Å². The number of aromatic nitrogens is 4. The van der Waals surface area contributed by atoms with E-state index >= 15 is 0 Å². The average Bonchev–Trinajstić information content (AvgIpc) is 3.17. The van der Waals surface area contributed by atoms with Crippen LogP contribution in [-0.4, -0.2) is 61.0 Å². The Kier molecular flexibility index (Phi) is 5.58. The highest BCUT2D eigenvalue weighted by molar-refractivity contribution is 5.77. The monoisotopic (exact) mass is 392 g/mol. The smallest absolute Gasteiger partial charge is 0.252 e. The van der Waals surface area contributed by atoms with Crippen molar-refractivity contribution in [2.24, 2.45) is 0 Å². The summed E-state index contributed by atoms with van der Waals surface area (Å²) < 4.78 is 1.75. The van der Waals surface area contributed by atoms with Crippen LogP contribution in [0.5, 0.6) is 0 Å². The van der Waals surface area contributed by atoms with Gasteiger partial charge in [0.15, 0.2) is 0 Å². The topological polar surface area (TPSA) is 66.6 Å². The van der Waals surface area contributed by atoms with Crippen LogP contribution in [0.4, 0.5) is 0 Å². The van der Waals surface area contributed by atoms with E-state index in [1.807, 2.05) is 24.8 Å². The molecule has 0 bridgehead atoms. The Hall–Kier alpha value is -2.80. The molecular formula is C22H28N6O. The minimum Gasteiger partial charge on any atom is -0.337 e. The number of carbonyl (C=O) groups excluding carboxylic acids is 1. The van der Waals surface area contributed by atoms with Crippen molar-refractivity contribution in [2.45, 2.75) is 46.2 Å². The van der Waals surface area contributed by atoms with E-state index in [-0.39, 0.29) is 11.9 Å². The third-order valence-corrected chi connectivity index (χ3v) is 5.86. The Balaban J connectivity index is 1.36. The van der Waals surface area contributed by atoms with Crippen molar-refractivity contribution in [1.29, 1.82) is 0 Å². The van der Waals surface area contributed by atoms with Crippen molar-refractivity contribution in [2.75, 3.05) is 19.6 Å². The van der Waals surface area contributed by atoms with E-state index in [1.54, 1.807) is 4.52 Å². The van der Waals surface area contributed by atoms with Gasteiger partial charge in [0.1, 0.15) is 6.33 Å². The number of rotatable bonds is 5. The van der Waals surface area contributed by atoms with Crippen LogP contribution < -0.4 is 0 Å². The van der Waals surface area contributed by atoms with E-state index in [4.69, 9.17) is 0 Å². The molecule has 1 atom stereocenters. The molecule has 0 radical (unpaired) electrons. The van der Waals surface area contributed by atoms with E-state index in [0.717, 1.165) is 43.1 Å². The molecule has 3 aromatic rings. The summed E-state index contributed by atoms with van der Waals surface area (Å²) in [4.78, 5) is 26.1. The first-order valence-corrected chi connectivity index (χ1v) is 10.2. The van der Waals surface area contributed by atoms with Gasteiger partial charge in [-0.25, -0.2) is 9.50 Å². The number of benzene rings is 1. The van der Waals surface area contributed by atoms with E-state index in [9.17, 15) is 4.79 Å². The molecule has 1 aromatic carbocycles. The van der Waals surface area contributed by atoms with Crippen molar-refractivity contribution in [3.8, 4) is 0 Å². The van der Waals surface area contributed by atoms with Crippen LogP contribution in [0.1, 0.15) is 35.9 Å². The highest BCUT2D eigenvalue weighted by Crippen LogP contribution is 2.18. The van der Waals surface area contributed by atoms with Crippen LogP contribution in [0.3, 0.4) is 0 Å². The minimum atomic E-state index is 0.217. The lowest BCUT2D eigenvalue weighted by Crippen LogP contribution is -2.53. The second-order valence-corrected chi connectivity index (χ2v) is 7.89. The van der Waals surface area contributed by atoms with Crippen LogP contribution in [0, 0.1) is 13.8 Å². The molecule has 152 valence electrons. The van der Waals surface area contributed by atoms with Gasteiger partial charge in [0.05, 0.1) is 0 Å². The van der Waals surface area contributed by atoms with Crippen LogP contribution >= 0.6 is 0 Å². The van der Waals surface area contributed by atoms with E-state index in [1.165, 1.54) is 11.9 Å². The van der Waals surface area contributed by atoms with Gasteiger partial charge < -0.3 is 4.90 Å². The maximum Gasteiger partial charge on any atom is 0.252 e. The molecule has 0 saturated carbocycles. The molecule has 1 fully saturated rings. The van der Waals surface area contributed by atoms with Crippen LogP contribution in [0.25, 0.3) is 5.78 Å². The van der Waals surface area contributed by atoms with Crippen LogP contribution in [-0.2, 0) is 17.8 Å². The Bertz CT molecular complexity index is 999. The third-order valence-electron chi connectivity index (χ3n) is 5.86. The predicted octanol–water partition coefficient (Wildman–Crippen LogP) is 2.41. The normalized spacial score (nSPS) is 17.8. The second kappa shape index (κ2) is 8.29. The maximum atomic E-state index is 12.9. The van der Waals surface area contributed by atoms with Crippen molar-refractivity contribution in [3.63, 3.8) is 0 Å². The minimum absolute atomic E-state index is 0.217. The molecular weight excluding hydrogens is 364 g/mol. The Morgan fingerprint density at radius 3 is 2.72 bits per heavy atom. The van der Waals surface area contributed by atoms with Gasteiger partial charge in [0.2, 0.25) is 5.91 Å². The van der Waals surface area contributed by atoms with Gasteiger partial charge in [-0.05, 0) is 38.3 Å². The molecule has 1 aliphatic heterocycles. The first kappa shape index (κ1) is 19.5. The molecule has 0 spiro atoms. The van der Waals surface area contributed by atoms with Crippen molar-refractivity contribution in [1.82, 2.24) is 29.4 Å².